The molecule has 1 aromatic rings. The standard InChI is InChI=1S/C8H10N2O/c1-10-4-7(3-9-10)8-2-6(8)5-11/h3-6,8H,2H2,1H3. The van der Waals surface area contributed by atoms with Crippen LogP contribution in [0.4, 0.5) is 0 Å². The molecule has 1 heterocycles. The van der Waals surface area contributed by atoms with Crippen molar-refractivity contribution in [2.45, 2.75) is 12.3 Å². The van der Waals surface area contributed by atoms with Crippen LogP contribution in [-0.4, -0.2) is 16.1 Å². The zero-order chi connectivity index (χ0) is 7.84. The van der Waals surface area contributed by atoms with E-state index in [2.05, 4.69) is 5.10 Å². The first-order chi connectivity index (χ1) is 5.31. The van der Waals surface area contributed by atoms with Crippen LogP contribution < -0.4 is 0 Å². The molecule has 1 fully saturated rings. The summed E-state index contributed by atoms with van der Waals surface area (Å²) in [6.45, 7) is 0. The van der Waals surface area contributed by atoms with Crippen LogP contribution in [0, 0.1) is 5.92 Å². The maximum Gasteiger partial charge on any atom is 0.123 e. The van der Waals surface area contributed by atoms with Gasteiger partial charge < -0.3 is 4.79 Å². The minimum atomic E-state index is 0.263. The van der Waals surface area contributed by atoms with Gasteiger partial charge in [-0.15, -0.1) is 0 Å². The van der Waals surface area contributed by atoms with Crippen LogP contribution in [0.1, 0.15) is 17.9 Å². The van der Waals surface area contributed by atoms with E-state index in [1.807, 2.05) is 19.4 Å². The van der Waals surface area contributed by atoms with E-state index in [9.17, 15) is 4.79 Å². The van der Waals surface area contributed by atoms with E-state index in [1.54, 1.807) is 4.68 Å². The van der Waals surface area contributed by atoms with E-state index in [1.165, 1.54) is 5.56 Å². The molecule has 3 nitrogen and oxygen atoms in total. The number of nitrogens with zero attached hydrogens (tertiary/aromatic N) is 2. The predicted molar refractivity (Wildman–Crippen MR) is 40.1 cm³/mol. The van der Waals surface area contributed by atoms with Crippen molar-refractivity contribution in [1.29, 1.82) is 0 Å². The first kappa shape index (κ1) is 6.58. The average Bonchev–Trinajstić information content (AvgIpc) is 2.68. The second-order valence-corrected chi connectivity index (χ2v) is 3.09. The van der Waals surface area contributed by atoms with E-state index >= 15 is 0 Å². The molecule has 0 amide bonds. The third-order valence-electron chi connectivity index (χ3n) is 2.17. The lowest BCUT2D eigenvalue weighted by Crippen LogP contribution is -1.85. The van der Waals surface area contributed by atoms with E-state index in [4.69, 9.17) is 0 Å². The van der Waals surface area contributed by atoms with Gasteiger partial charge in [0, 0.05) is 19.2 Å². The van der Waals surface area contributed by atoms with Crippen molar-refractivity contribution < 1.29 is 4.79 Å². The highest BCUT2D eigenvalue weighted by Gasteiger charge is 2.38. The van der Waals surface area contributed by atoms with Crippen molar-refractivity contribution in [1.82, 2.24) is 9.78 Å². The highest BCUT2D eigenvalue weighted by Crippen LogP contribution is 2.45. The Morgan fingerprint density at radius 2 is 2.64 bits per heavy atom. The highest BCUT2D eigenvalue weighted by molar-refractivity contribution is 5.61. The average molecular weight is 150 g/mol. The normalized spacial score (nSPS) is 28.5. The summed E-state index contributed by atoms with van der Waals surface area (Å²) in [7, 11) is 1.89. The van der Waals surface area contributed by atoms with Crippen molar-refractivity contribution in [2.75, 3.05) is 0 Å². The number of aldehydes is 1. The molecule has 2 atom stereocenters. The summed E-state index contributed by atoms with van der Waals surface area (Å²) in [6.07, 6.45) is 5.87. The maximum atomic E-state index is 10.3. The van der Waals surface area contributed by atoms with Crippen LogP contribution in [0.25, 0.3) is 0 Å². The molecule has 2 unspecified atom stereocenters. The van der Waals surface area contributed by atoms with E-state index < -0.39 is 0 Å². The maximum absolute atomic E-state index is 10.3. The largest absolute Gasteiger partial charge is 0.303 e. The van der Waals surface area contributed by atoms with Gasteiger partial charge in [-0.2, -0.15) is 5.10 Å². The molecular weight excluding hydrogens is 140 g/mol. The Hall–Kier alpha value is -1.12. The van der Waals surface area contributed by atoms with Crippen LogP contribution >= 0.6 is 0 Å². The number of hydrogen-bond donors (Lipinski definition) is 0. The van der Waals surface area contributed by atoms with Crippen LogP contribution in [0.15, 0.2) is 12.4 Å². The Morgan fingerprint density at radius 3 is 3.09 bits per heavy atom. The summed E-state index contributed by atoms with van der Waals surface area (Å²) in [4.78, 5) is 10.3. The van der Waals surface area contributed by atoms with Gasteiger partial charge in [0.2, 0.25) is 0 Å². The summed E-state index contributed by atoms with van der Waals surface area (Å²) >= 11 is 0. The zero-order valence-corrected chi connectivity index (χ0v) is 6.40. The van der Waals surface area contributed by atoms with Gasteiger partial charge in [-0.25, -0.2) is 0 Å². The first-order valence-corrected chi connectivity index (χ1v) is 3.75. The number of carbonyl (C=O) groups excluding carboxylic acids is 1. The Labute approximate surface area is 65.0 Å². The summed E-state index contributed by atoms with van der Waals surface area (Å²) in [6, 6.07) is 0. The number of carbonyl (C=O) groups is 1. The van der Waals surface area contributed by atoms with Crippen molar-refractivity contribution in [3.05, 3.63) is 18.0 Å². The van der Waals surface area contributed by atoms with Crippen molar-refractivity contribution in [3.8, 4) is 0 Å². The topological polar surface area (TPSA) is 34.9 Å². The predicted octanol–water partition coefficient (Wildman–Crippen LogP) is 0.722. The summed E-state index contributed by atoms with van der Waals surface area (Å²) < 4.78 is 1.77. The number of hydrogen-bond acceptors (Lipinski definition) is 2. The lowest BCUT2D eigenvalue weighted by atomic mass is 10.2. The fraction of sp³-hybridized carbons (Fsp3) is 0.500. The van der Waals surface area contributed by atoms with Gasteiger partial charge in [0.1, 0.15) is 6.29 Å². The third-order valence-corrected chi connectivity index (χ3v) is 2.17. The molecule has 1 aliphatic carbocycles. The monoisotopic (exact) mass is 150 g/mol. The van der Waals surface area contributed by atoms with Gasteiger partial charge in [0.25, 0.3) is 0 Å². The Kier molecular flexibility index (Phi) is 1.31. The van der Waals surface area contributed by atoms with Crippen LogP contribution in [0.2, 0.25) is 0 Å². The molecule has 0 bridgehead atoms. The Morgan fingerprint density at radius 1 is 1.82 bits per heavy atom. The minimum Gasteiger partial charge on any atom is -0.303 e. The van der Waals surface area contributed by atoms with E-state index in [0.717, 1.165) is 12.7 Å². The molecule has 1 aliphatic rings. The minimum absolute atomic E-state index is 0.263. The molecule has 1 aromatic heterocycles. The molecule has 58 valence electrons. The van der Waals surface area contributed by atoms with Gasteiger partial charge in [0.05, 0.1) is 6.20 Å². The molecular formula is C8H10N2O. The fourth-order valence-electron chi connectivity index (χ4n) is 1.38. The Balaban J connectivity index is 2.14. The highest BCUT2D eigenvalue weighted by atomic mass is 16.1. The molecule has 0 N–H and O–H groups in total. The SMILES string of the molecule is Cn1cc(C2CC2C=O)cn1. The van der Waals surface area contributed by atoms with Crippen LogP contribution in [0.3, 0.4) is 0 Å². The molecule has 1 saturated carbocycles. The fourth-order valence-corrected chi connectivity index (χ4v) is 1.38. The third kappa shape index (κ3) is 1.06. The zero-order valence-electron chi connectivity index (χ0n) is 6.40. The lowest BCUT2D eigenvalue weighted by molar-refractivity contribution is -0.108. The van der Waals surface area contributed by atoms with Gasteiger partial charge in [-0.3, -0.25) is 4.68 Å². The number of aryl methyl sites for hydroxylation is 1. The van der Waals surface area contributed by atoms with Gasteiger partial charge in [0.15, 0.2) is 0 Å². The molecule has 0 saturated heterocycles. The summed E-state index contributed by atoms with van der Waals surface area (Å²) in [5.74, 6) is 0.723. The van der Waals surface area contributed by atoms with Gasteiger partial charge in [-0.05, 0) is 17.9 Å². The Bertz CT molecular complexity index is 279. The molecule has 0 aliphatic heterocycles. The van der Waals surface area contributed by atoms with Crippen molar-refractivity contribution in [3.63, 3.8) is 0 Å². The molecule has 11 heavy (non-hydrogen) atoms. The van der Waals surface area contributed by atoms with Gasteiger partial charge >= 0.3 is 0 Å². The first-order valence-electron chi connectivity index (χ1n) is 3.75. The molecule has 0 aromatic carbocycles. The molecule has 2 rings (SSSR count). The second-order valence-electron chi connectivity index (χ2n) is 3.09. The van der Waals surface area contributed by atoms with E-state index in [-0.39, 0.29) is 5.92 Å². The van der Waals surface area contributed by atoms with E-state index in [0.29, 0.717) is 5.92 Å². The van der Waals surface area contributed by atoms with Crippen molar-refractivity contribution in [2.24, 2.45) is 13.0 Å². The number of rotatable bonds is 2. The molecule has 0 spiro atoms. The van der Waals surface area contributed by atoms with Crippen molar-refractivity contribution >= 4 is 6.29 Å². The summed E-state index contributed by atoms with van der Waals surface area (Å²) in [5, 5.41) is 4.05. The van der Waals surface area contributed by atoms with Crippen LogP contribution in [0.5, 0.6) is 0 Å². The quantitative estimate of drug-likeness (QED) is 0.582. The van der Waals surface area contributed by atoms with Crippen LogP contribution in [-0.2, 0) is 11.8 Å². The molecule has 0 radical (unpaired) electrons. The summed E-state index contributed by atoms with van der Waals surface area (Å²) in [5.41, 5.74) is 1.20. The smallest absolute Gasteiger partial charge is 0.123 e. The van der Waals surface area contributed by atoms with Gasteiger partial charge in [-0.1, -0.05) is 0 Å². The second kappa shape index (κ2) is 2.19. The number of aromatic nitrogens is 2. The lowest BCUT2D eigenvalue weighted by Gasteiger charge is -1.86. The molecule has 3 heteroatoms.